The van der Waals surface area contributed by atoms with Crippen LogP contribution in [0.3, 0.4) is 0 Å². The van der Waals surface area contributed by atoms with Crippen molar-refractivity contribution in [3.63, 3.8) is 0 Å². The number of fused-ring (bicyclic) bond motifs is 4. The Hall–Kier alpha value is -3.63. The topological polar surface area (TPSA) is 82.8 Å². The van der Waals surface area contributed by atoms with Crippen molar-refractivity contribution in [3.05, 3.63) is 57.5 Å². The van der Waals surface area contributed by atoms with Crippen LogP contribution in [-0.2, 0) is 0 Å². The van der Waals surface area contributed by atoms with Gasteiger partial charge in [-0.3, -0.25) is 4.79 Å². The number of methoxy groups -OCH3 is 1. The molecular weight excluding hydrogens is 431 g/mol. The van der Waals surface area contributed by atoms with Crippen LogP contribution >= 0.6 is 0 Å². The molecule has 6 nitrogen and oxygen atoms in total. The van der Waals surface area contributed by atoms with Crippen LogP contribution in [0.4, 0.5) is 4.39 Å². The van der Waals surface area contributed by atoms with Crippen molar-refractivity contribution in [2.24, 2.45) is 0 Å². The van der Waals surface area contributed by atoms with Crippen LogP contribution in [0.2, 0.25) is 0 Å². The zero-order valence-electron chi connectivity index (χ0n) is 19.9. The molecule has 1 aliphatic heterocycles. The number of hydrogen-bond acceptors (Lipinski definition) is 4. The summed E-state index contributed by atoms with van der Waals surface area (Å²) in [5, 5.41) is 14.2. The van der Waals surface area contributed by atoms with Crippen LogP contribution in [0.5, 0.6) is 5.75 Å². The lowest BCUT2D eigenvalue weighted by Crippen LogP contribution is -2.37. The third-order valence-corrected chi connectivity index (χ3v) is 6.65. The minimum atomic E-state index is -0.453. The van der Waals surface area contributed by atoms with E-state index in [1.807, 2.05) is 31.4 Å². The number of nitrogens with zero attached hydrogens (tertiary/aromatic N) is 2. The van der Waals surface area contributed by atoms with Crippen molar-refractivity contribution in [2.45, 2.75) is 52.2 Å². The normalized spacial score (nSPS) is 18.6. The molecule has 34 heavy (non-hydrogen) atoms. The van der Waals surface area contributed by atoms with Crippen molar-refractivity contribution in [3.8, 4) is 11.8 Å². The third-order valence-electron chi connectivity index (χ3n) is 6.65. The maximum absolute atomic E-state index is 16.5. The van der Waals surface area contributed by atoms with E-state index < -0.39 is 5.82 Å². The molecule has 0 unspecified atom stereocenters. The summed E-state index contributed by atoms with van der Waals surface area (Å²) in [5.41, 5.74) is 2.99. The molecule has 4 aromatic rings. The molecule has 1 aliphatic rings. The molecular formula is C27H27FN4O2. The third kappa shape index (κ3) is 3.21. The number of rotatable bonds is 3. The van der Waals surface area contributed by atoms with E-state index in [1.165, 1.54) is 7.11 Å². The quantitative estimate of drug-likeness (QED) is 0.431. The van der Waals surface area contributed by atoms with Gasteiger partial charge in [-0.15, -0.1) is 0 Å². The number of ether oxygens (including phenoxy) is 1. The number of H-pyrrole nitrogens is 1. The number of aromatic nitrogens is 2. The first kappa shape index (κ1) is 22.2. The van der Waals surface area contributed by atoms with Gasteiger partial charge in [-0.25, -0.2) is 4.39 Å². The van der Waals surface area contributed by atoms with Crippen LogP contribution in [-0.4, -0.2) is 28.7 Å². The van der Waals surface area contributed by atoms with Crippen molar-refractivity contribution in [1.82, 2.24) is 14.9 Å². The van der Waals surface area contributed by atoms with Gasteiger partial charge in [0.05, 0.1) is 40.6 Å². The summed E-state index contributed by atoms with van der Waals surface area (Å²) in [6, 6.07) is 9.13. The van der Waals surface area contributed by atoms with E-state index in [9.17, 15) is 10.1 Å². The monoisotopic (exact) mass is 458 g/mol. The summed E-state index contributed by atoms with van der Waals surface area (Å²) in [5.74, 6) is -0.0955. The average Bonchev–Trinajstić information content (AvgIpc) is 3.16. The molecule has 0 saturated heterocycles. The lowest BCUT2D eigenvalue weighted by molar-refractivity contribution is 0.409. The maximum atomic E-state index is 16.5. The fourth-order valence-corrected chi connectivity index (χ4v) is 5.35. The van der Waals surface area contributed by atoms with Crippen LogP contribution in [0.1, 0.15) is 51.3 Å². The van der Waals surface area contributed by atoms with Gasteiger partial charge < -0.3 is 19.6 Å². The summed E-state index contributed by atoms with van der Waals surface area (Å²) < 4.78 is 24.0. The largest absolute Gasteiger partial charge is 0.496 e. The van der Waals surface area contributed by atoms with Crippen LogP contribution in [0.25, 0.3) is 38.4 Å². The van der Waals surface area contributed by atoms with Crippen LogP contribution in [0, 0.1) is 17.1 Å². The van der Waals surface area contributed by atoms with E-state index in [4.69, 9.17) is 4.74 Å². The maximum Gasteiger partial charge on any atom is 0.199 e. The summed E-state index contributed by atoms with van der Waals surface area (Å²) in [4.78, 5) is 17.1. The van der Waals surface area contributed by atoms with E-state index in [2.05, 4.69) is 23.3 Å². The van der Waals surface area contributed by atoms with Gasteiger partial charge in [-0.2, -0.15) is 5.26 Å². The zero-order chi connectivity index (χ0) is 24.3. The Morgan fingerprint density at radius 1 is 1.24 bits per heavy atom. The summed E-state index contributed by atoms with van der Waals surface area (Å²) in [6.45, 7) is 8.04. The number of hydrogen-bond donors (Lipinski definition) is 2. The first-order valence-electron chi connectivity index (χ1n) is 11.5. The van der Waals surface area contributed by atoms with Gasteiger partial charge in [-0.05, 0) is 57.9 Å². The summed E-state index contributed by atoms with van der Waals surface area (Å²) >= 11 is 0. The molecule has 0 bridgehead atoms. The smallest absolute Gasteiger partial charge is 0.199 e. The Morgan fingerprint density at radius 2 is 2.00 bits per heavy atom. The molecule has 174 valence electrons. The molecule has 7 heteroatoms. The Bertz CT molecular complexity index is 1600. The van der Waals surface area contributed by atoms with E-state index in [1.54, 1.807) is 24.3 Å². The number of nitriles is 1. The first-order valence-corrected chi connectivity index (χ1v) is 11.5. The van der Waals surface area contributed by atoms with Gasteiger partial charge in [0, 0.05) is 29.0 Å². The molecule has 2 atom stereocenters. The van der Waals surface area contributed by atoms with Crippen LogP contribution in [0.15, 0.2) is 35.1 Å². The molecule has 5 rings (SSSR count). The zero-order valence-corrected chi connectivity index (χ0v) is 19.9. The molecule has 2 aromatic carbocycles. The fraction of sp³-hybridized carbons (Fsp3) is 0.333. The minimum Gasteiger partial charge on any atom is -0.496 e. The van der Waals surface area contributed by atoms with Gasteiger partial charge in [0.2, 0.25) is 0 Å². The Balaban J connectivity index is 1.97. The molecule has 0 fully saturated rings. The molecule has 0 spiro atoms. The van der Waals surface area contributed by atoms with Crippen molar-refractivity contribution < 1.29 is 9.13 Å². The molecule has 0 saturated carbocycles. The highest BCUT2D eigenvalue weighted by Crippen LogP contribution is 2.39. The predicted octanol–water partition coefficient (Wildman–Crippen LogP) is 5.39. The lowest BCUT2D eigenvalue weighted by atomic mass is 9.91. The molecule has 2 aromatic heterocycles. The number of pyridine rings is 1. The predicted molar refractivity (Wildman–Crippen MR) is 134 cm³/mol. The highest BCUT2D eigenvalue weighted by atomic mass is 19.1. The van der Waals surface area contributed by atoms with E-state index in [0.717, 1.165) is 5.57 Å². The molecule has 3 heterocycles. The van der Waals surface area contributed by atoms with Crippen molar-refractivity contribution in [1.29, 1.82) is 5.26 Å². The average molecular weight is 459 g/mol. The van der Waals surface area contributed by atoms with Gasteiger partial charge in [0.25, 0.3) is 0 Å². The van der Waals surface area contributed by atoms with Gasteiger partial charge in [0.1, 0.15) is 11.4 Å². The minimum absolute atomic E-state index is 0.0939. The Kier molecular flexibility index (Phi) is 5.22. The van der Waals surface area contributed by atoms with Crippen molar-refractivity contribution >= 4 is 38.4 Å². The van der Waals surface area contributed by atoms with Gasteiger partial charge in [-0.1, -0.05) is 12.1 Å². The Morgan fingerprint density at radius 3 is 2.65 bits per heavy atom. The van der Waals surface area contributed by atoms with Crippen molar-refractivity contribution in [2.75, 3.05) is 7.11 Å². The fourth-order valence-electron chi connectivity index (χ4n) is 5.35. The first-order chi connectivity index (χ1) is 16.2. The number of nitrogens with one attached hydrogen (secondary N) is 2. The lowest BCUT2D eigenvalue weighted by Gasteiger charge is -2.28. The molecule has 0 radical (unpaired) electrons. The molecule has 0 amide bonds. The van der Waals surface area contributed by atoms with E-state index in [0.29, 0.717) is 45.2 Å². The summed E-state index contributed by atoms with van der Waals surface area (Å²) in [7, 11) is 1.51. The van der Waals surface area contributed by atoms with Gasteiger partial charge in [0.15, 0.2) is 11.2 Å². The summed E-state index contributed by atoms with van der Waals surface area (Å²) in [6.07, 6.45) is 2.68. The highest BCUT2D eigenvalue weighted by Gasteiger charge is 2.27. The van der Waals surface area contributed by atoms with E-state index >= 15 is 4.39 Å². The SMILES string of the molecule is COc1cc2c(=O)c3c4ccc(C#N)cc4[nH]c3n(C(C)C)c2c(F)c1C1=C[C@@H](C)N[C@@H](C)C1. The number of aromatic amines is 1. The molecule has 0 aliphatic carbocycles. The number of halogens is 1. The standard InChI is InChI=1S/C27H27FN4O2/c1-13(2)32-25-19(26(33)23-18-7-6-16(12-29)10-20(18)31-27(23)32)11-21(34-5)22(24(25)28)17-8-14(3)30-15(4)9-17/h6-8,10-11,13-15,30-31H,9H2,1-5H3/t14-,15+/m1/s1. The number of benzene rings is 2. The second-order valence-corrected chi connectivity index (χ2v) is 9.43. The Labute approximate surface area is 196 Å². The van der Waals surface area contributed by atoms with Gasteiger partial charge >= 0.3 is 0 Å². The van der Waals surface area contributed by atoms with E-state index in [-0.39, 0.29) is 34.5 Å². The highest BCUT2D eigenvalue weighted by molar-refractivity contribution is 6.10. The molecule has 2 N–H and O–H groups in total. The van der Waals surface area contributed by atoms with Crippen LogP contribution < -0.4 is 15.5 Å². The second kappa shape index (κ2) is 8.00. The second-order valence-electron chi connectivity index (χ2n) is 9.43.